The van der Waals surface area contributed by atoms with Gasteiger partial charge in [0.2, 0.25) is 0 Å². The summed E-state index contributed by atoms with van der Waals surface area (Å²) in [6.07, 6.45) is 0. The zero-order valence-electron chi connectivity index (χ0n) is 9.71. The molecule has 0 saturated carbocycles. The Bertz CT molecular complexity index is 415. The van der Waals surface area contributed by atoms with Gasteiger partial charge in [-0.25, -0.2) is 4.98 Å². The third-order valence-corrected chi connectivity index (χ3v) is 2.46. The molecule has 0 unspecified atom stereocenters. The minimum absolute atomic E-state index is 0.0169. The smallest absolute Gasteiger partial charge is 0.273 e. The number of hydrogen-bond donors (Lipinski definition) is 2. The number of hydrogen-bond acceptors (Lipinski definition) is 7. The van der Waals surface area contributed by atoms with Gasteiger partial charge in [-0.05, 0) is 14.1 Å². The number of carbonyl (C=O) groups excluding carboxylic acids is 1. The van der Waals surface area contributed by atoms with Crippen molar-refractivity contribution in [3.8, 4) is 0 Å². The number of oxime groups is 1. The Morgan fingerprint density at radius 2 is 2.35 bits per heavy atom. The summed E-state index contributed by atoms with van der Waals surface area (Å²) < 4.78 is 0. The molecule has 0 atom stereocenters. The summed E-state index contributed by atoms with van der Waals surface area (Å²) in [4.78, 5) is 22.0. The Labute approximate surface area is 103 Å². The Morgan fingerprint density at radius 3 is 2.82 bits per heavy atom. The lowest BCUT2D eigenvalue weighted by molar-refractivity contribution is -0.112. The molecule has 0 fully saturated rings. The molecule has 1 amide bonds. The van der Waals surface area contributed by atoms with Crippen LogP contribution >= 0.6 is 11.3 Å². The molecule has 1 rings (SSSR count). The largest absolute Gasteiger partial charge is 0.394 e. The minimum Gasteiger partial charge on any atom is -0.394 e. The summed E-state index contributed by atoms with van der Waals surface area (Å²) >= 11 is 1.21. The molecule has 0 bridgehead atoms. The van der Waals surface area contributed by atoms with Crippen molar-refractivity contribution in [3.05, 3.63) is 11.1 Å². The standard InChI is InChI=1S/C9H15N5O2S/c1-14(2)3-4-16-13-7(8(10)15)6-5-17-9(11)12-6/h5H,3-4H2,1-2H3,(H2,10,15)(H2,11,12). The molecule has 1 aromatic heterocycles. The number of likely N-dealkylation sites (N-methyl/N-ethyl adjacent to an activating group) is 1. The van der Waals surface area contributed by atoms with Crippen LogP contribution in [0, 0.1) is 0 Å². The highest BCUT2D eigenvalue weighted by Gasteiger charge is 2.14. The zero-order chi connectivity index (χ0) is 12.8. The van der Waals surface area contributed by atoms with Gasteiger partial charge in [-0.1, -0.05) is 5.16 Å². The van der Waals surface area contributed by atoms with Crippen molar-refractivity contribution in [2.45, 2.75) is 0 Å². The summed E-state index contributed by atoms with van der Waals surface area (Å²) in [6, 6.07) is 0. The molecule has 0 radical (unpaired) electrons. The first kappa shape index (κ1) is 13.4. The number of anilines is 1. The molecule has 0 aromatic carbocycles. The highest BCUT2D eigenvalue weighted by atomic mass is 32.1. The fourth-order valence-corrected chi connectivity index (χ4v) is 1.50. The quantitative estimate of drug-likeness (QED) is 0.405. The molecule has 8 heteroatoms. The fourth-order valence-electron chi connectivity index (χ4n) is 0.948. The van der Waals surface area contributed by atoms with Crippen molar-refractivity contribution in [3.63, 3.8) is 0 Å². The molecule has 0 aliphatic rings. The maximum absolute atomic E-state index is 11.2. The molecule has 7 nitrogen and oxygen atoms in total. The lowest BCUT2D eigenvalue weighted by Gasteiger charge is -2.07. The van der Waals surface area contributed by atoms with Gasteiger partial charge in [0.25, 0.3) is 5.91 Å². The van der Waals surface area contributed by atoms with E-state index in [2.05, 4.69) is 10.1 Å². The van der Waals surface area contributed by atoms with Crippen molar-refractivity contribution < 1.29 is 9.63 Å². The normalized spacial score (nSPS) is 11.8. The van der Waals surface area contributed by atoms with E-state index in [0.717, 1.165) is 0 Å². The predicted octanol–water partition coefficient (Wildman–Crippen LogP) is -0.507. The molecular formula is C9H15N5O2S. The average Bonchev–Trinajstić information content (AvgIpc) is 2.63. The van der Waals surface area contributed by atoms with Crippen LogP contribution in [0.15, 0.2) is 10.5 Å². The van der Waals surface area contributed by atoms with E-state index in [1.807, 2.05) is 19.0 Å². The molecule has 94 valence electrons. The number of amides is 1. The van der Waals surface area contributed by atoms with E-state index >= 15 is 0 Å². The van der Waals surface area contributed by atoms with E-state index in [1.165, 1.54) is 11.3 Å². The molecule has 1 aromatic rings. The maximum Gasteiger partial charge on any atom is 0.273 e. The summed E-state index contributed by atoms with van der Waals surface area (Å²) in [5, 5.41) is 5.64. The van der Waals surface area contributed by atoms with Gasteiger partial charge in [-0.3, -0.25) is 4.79 Å². The monoisotopic (exact) mass is 257 g/mol. The van der Waals surface area contributed by atoms with Gasteiger partial charge >= 0.3 is 0 Å². The topological polar surface area (TPSA) is 107 Å². The van der Waals surface area contributed by atoms with Gasteiger partial charge in [0.15, 0.2) is 10.8 Å². The lowest BCUT2D eigenvalue weighted by atomic mass is 10.3. The van der Waals surface area contributed by atoms with E-state index in [0.29, 0.717) is 24.0 Å². The number of rotatable bonds is 6. The van der Waals surface area contributed by atoms with Gasteiger partial charge in [0.05, 0.1) is 0 Å². The van der Waals surface area contributed by atoms with Crippen molar-refractivity contribution >= 4 is 28.1 Å². The van der Waals surface area contributed by atoms with Gasteiger partial charge in [0, 0.05) is 11.9 Å². The third-order valence-electron chi connectivity index (χ3n) is 1.78. The second kappa shape index (κ2) is 6.16. The SMILES string of the molecule is CN(C)CCON=C(C(N)=O)c1csc(N)n1. The summed E-state index contributed by atoms with van der Waals surface area (Å²) in [5.41, 5.74) is 11.0. The second-order valence-corrected chi connectivity index (χ2v) is 4.40. The number of aromatic nitrogens is 1. The number of nitrogens with two attached hydrogens (primary N) is 2. The van der Waals surface area contributed by atoms with Crippen LogP contribution in [0.3, 0.4) is 0 Å². The number of nitrogen functional groups attached to an aromatic ring is 1. The molecule has 0 aliphatic heterocycles. The molecule has 1 heterocycles. The minimum atomic E-state index is -0.694. The zero-order valence-corrected chi connectivity index (χ0v) is 10.5. The molecular weight excluding hydrogens is 242 g/mol. The predicted molar refractivity (Wildman–Crippen MR) is 66.8 cm³/mol. The summed E-state index contributed by atoms with van der Waals surface area (Å²) in [7, 11) is 3.81. The van der Waals surface area contributed by atoms with Crippen LogP contribution in [0.2, 0.25) is 0 Å². The van der Waals surface area contributed by atoms with Gasteiger partial charge in [0.1, 0.15) is 12.3 Å². The number of thiazole rings is 1. The maximum atomic E-state index is 11.2. The van der Waals surface area contributed by atoms with Crippen molar-refractivity contribution in [1.29, 1.82) is 0 Å². The fraction of sp³-hybridized carbons (Fsp3) is 0.444. The Hall–Kier alpha value is -1.67. The van der Waals surface area contributed by atoms with Crippen LogP contribution in [0.1, 0.15) is 5.69 Å². The summed E-state index contributed by atoms with van der Waals surface area (Å²) in [5.74, 6) is -0.694. The highest BCUT2D eigenvalue weighted by molar-refractivity contribution is 7.13. The van der Waals surface area contributed by atoms with Crippen molar-refractivity contribution in [2.75, 3.05) is 33.0 Å². The highest BCUT2D eigenvalue weighted by Crippen LogP contribution is 2.12. The Morgan fingerprint density at radius 1 is 1.65 bits per heavy atom. The Balaban J connectivity index is 2.66. The first-order valence-electron chi connectivity index (χ1n) is 4.86. The lowest BCUT2D eigenvalue weighted by Crippen LogP contribution is -2.25. The number of nitrogens with zero attached hydrogens (tertiary/aromatic N) is 3. The first-order valence-corrected chi connectivity index (χ1v) is 5.74. The number of carbonyl (C=O) groups is 1. The van der Waals surface area contributed by atoms with Crippen LogP contribution in [0.5, 0.6) is 0 Å². The van der Waals surface area contributed by atoms with Crippen LogP contribution in [-0.4, -0.2) is 48.7 Å². The molecule has 0 aliphatic carbocycles. The van der Waals surface area contributed by atoms with Gasteiger partial charge in [-0.15, -0.1) is 11.3 Å². The van der Waals surface area contributed by atoms with E-state index in [1.54, 1.807) is 5.38 Å². The molecule has 4 N–H and O–H groups in total. The average molecular weight is 257 g/mol. The second-order valence-electron chi connectivity index (χ2n) is 3.51. The number of primary amides is 1. The van der Waals surface area contributed by atoms with Crippen molar-refractivity contribution in [2.24, 2.45) is 10.9 Å². The van der Waals surface area contributed by atoms with Crippen LogP contribution in [0.4, 0.5) is 5.13 Å². The van der Waals surface area contributed by atoms with E-state index in [-0.39, 0.29) is 5.71 Å². The Kier molecular flexibility index (Phi) is 4.85. The summed E-state index contributed by atoms with van der Waals surface area (Å²) in [6.45, 7) is 1.05. The first-order chi connectivity index (χ1) is 8.00. The van der Waals surface area contributed by atoms with Gasteiger partial charge < -0.3 is 21.2 Å². The third kappa shape index (κ3) is 4.37. The van der Waals surface area contributed by atoms with E-state index in [9.17, 15) is 4.79 Å². The van der Waals surface area contributed by atoms with Gasteiger partial charge in [-0.2, -0.15) is 0 Å². The van der Waals surface area contributed by atoms with Crippen molar-refractivity contribution in [1.82, 2.24) is 9.88 Å². The van der Waals surface area contributed by atoms with E-state index < -0.39 is 5.91 Å². The molecule has 0 spiro atoms. The van der Waals surface area contributed by atoms with Crippen LogP contribution < -0.4 is 11.5 Å². The van der Waals surface area contributed by atoms with Crippen LogP contribution in [0.25, 0.3) is 0 Å². The van der Waals surface area contributed by atoms with E-state index in [4.69, 9.17) is 16.3 Å². The molecule has 0 saturated heterocycles. The molecule has 17 heavy (non-hydrogen) atoms. The van der Waals surface area contributed by atoms with Crippen LogP contribution in [-0.2, 0) is 9.63 Å².